The fourth-order valence-corrected chi connectivity index (χ4v) is 3.25. The Morgan fingerprint density at radius 2 is 1.90 bits per heavy atom. The van der Waals surface area contributed by atoms with Crippen molar-refractivity contribution >= 4 is 6.03 Å². The van der Waals surface area contributed by atoms with Crippen LogP contribution in [0.3, 0.4) is 0 Å². The molecule has 0 aromatic heterocycles. The first kappa shape index (κ1) is 16.6. The summed E-state index contributed by atoms with van der Waals surface area (Å²) >= 11 is 0. The molecule has 122 valence electrons. The molecular weight excluding hydrogens is 266 g/mol. The van der Waals surface area contributed by atoms with Gasteiger partial charge < -0.3 is 20.6 Å². The van der Waals surface area contributed by atoms with Gasteiger partial charge >= 0.3 is 6.03 Å². The molecule has 1 unspecified atom stereocenters. The molecular formula is C16H31N3O2. The monoisotopic (exact) mass is 297 g/mol. The van der Waals surface area contributed by atoms with E-state index in [0.717, 1.165) is 45.3 Å². The van der Waals surface area contributed by atoms with E-state index in [-0.39, 0.29) is 18.7 Å². The van der Waals surface area contributed by atoms with Gasteiger partial charge in [0.15, 0.2) is 0 Å². The van der Waals surface area contributed by atoms with E-state index in [1.807, 2.05) is 6.92 Å². The van der Waals surface area contributed by atoms with E-state index in [1.54, 1.807) is 0 Å². The Kier molecular flexibility index (Phi) is 5.49. The maximum Gasteiger partial charge on any atom is 0.315 e. The number of nitrogens with one attached hydrogen (secondary N) is 2. The Bertz CT molecular complexity index is 349. The Hall–Kier alpha value is -0.810. The number of aliphatic hydroxyl groups is 1. The summed E-state index contributed by atoms with van der Waals surface area (Å²) in [6.07, 6.45) is 4.23. The lowest BCUT2D eigenvalue weighted by Gasteiger charge is -2.35. The molecule has 0 radical (unpaired) electrons. The number of nitrogens with zero attached hydrogens (tertiary/aromatic N) is 1. The molecule has 0 spiro atoms. The molecule has 1 heterocycles. The van der Waals surface area contributed by atoms with Crippen molar-refractivity contribution in [3.05, 3.63) is 0 Å². The smallest absolute Gasteiger partial charge is 0.315 e. The van der Waals surface area contributed by atoms with Gasteiger partial charge in [-0.1, -0.05) is 13.8 Å². The van der Waals surface area contributed by atoms with E-state index in [0.29, 0.717) is 11.8 Å². The van der Waals surface area contributed by atoms with Crippen molar-refractivity contribution in [1.29, 1.82) is 0 Å². The molecule has 2 rings (SSSR count). The highest BCUT2D eigenvalue weighted by Gasteiger charge is 2.42. The highest BCUT2D eigenvalue weighted by atomic mass is 16.3. The molecule has 3 N–H and O–H groups in total. The van der Waals surface area contributed by atoms with E-state index in [4.69, 9.17) is 0 Å². The summed E-state index contributed by atoms with van der Waals surface area (Å²) in [5.74, 6) is 1.13. The number of aliphatic hydroxyl groups excluding tert-OH is 1. The topological polar surface area (TPSA) is 64.6 Å². The van der Waals surface area contributed by atoms with Crippen molar-refractivity contribution in [3.63, 3.8) is 0 Å². The summed E-state index contributed by atoms with van der Waals surface area (Å²) in [5, 5.41) is 15.6. The van der Waals surface area contributed by atoms with Gasteiger partial charge in [-0.25, -0.2) is 4.79 Å². The molecule has 21 heavy (non-hydrogen) atoms. The third-order valence-electron chi connectivity index (χ3n) is 4.75. The number of urea groups is 1. The van der Waals surface area contributed by atoms with Gasteiger partial charge in [0.05, 0.1) is 12.1 Å². The van der Waals surface area contributed by atoms with Gasteiger partial charge in [-0.05, 0) is 44.4 Å². The Morgan fingerprint density at radius 1 is 1.29 bits per heavy atom. The summed E-state index contributed by atoms with van der Waals surface area (Å²) in [6, 6.07) is 0.135. The molecule has 1 saturated heterocycles. The highest BCUT2D eigenvalue weighted by Crippen LogP contribution is 2.39. The lowest BCUT2D eigenvalue weighted by Crippen LogP contribution is -2.56. The molecule has 1 aliphatic carbocycles. The zero-order valence-corrected chi connectivity index (χ0v) is 13.7. The van der Waals surface area contributed by atoms with Gasteiger partial charge in [0.2, 0.25) is 0 Å². The second-order valence-electron chi connectivity index (χ2n) is 7.42. The number of hydrogen-bond donors (Lipinski definition) is 3. The average Bonchev–Trinajstić information content (AvgIpc) is 3.25. The highest BCUT2D eigenvalue weighted by molar-refractivity contribution is 5.75. The number of hydrogen-bond acceptors (Lipinski definition) is 3. The number of carbonyl (C=O) groups is 1. The van der Waals surface area contributed by atoms with Crippen LogP contribution in [-0.4, -0.2) is 53.9 Å². The molecule has 5 heteroatoms. The van der Waals surface area contributed by atoms with Crippen molar-refractivity contribution in [2.24, 2.45) is 11.8 Å². The summed E-state index contributed by atoms with van der Waals surface area (Å²) in [5.41, 5.74) is -0.456. The lowest BCUT2D eigenvalue weighted by atomic mass is 9.97. The number of amides is 2. The van der Waals surface area contributed by atoms with E-state index >= 15 is 0 Å². The molecule has 0 bridgehead atoms. The normalized spacial score (nSPS) is 23.9. The van der Waals surface area contributed by atoms with Crippen LogP contribution in [-0.2, 0) is 0 Å². The van der Waals surface area contributed by atoms with Gasteiger partial charge in [0, 0.05) is 25.7 Å². The molecule has 1 saturated carbocycles. The Morgan fingerprint density at radius 3 is 2.38 bits per heavy atom. The molecule has 5 nitrogen and oxygen atoms in total. The second-order valence-corrected chi connectivity index (χ2v) is 7.42. The quantitative estimate of drug-likeness (QED) is 0.697. The molecule has 1 atom stereocenters. The number of likely N-dealkylation sites (tertiary alicyclic amines) is 1. The summed E-state index contributed by atoms with van der Waals surface area (Å²) in [7, 11) is 0. The first-order valence-corrected chi connectivity index (χ1v) is 8.35. The minimum atomic E-state index is -0.456. The van der Waals surface area contributed by atoms with Gasteiger partial charge in [-0.15, -0.1) is 0 Å². The van der Waals surface area contributed by atoms with Crippen LogP contribution in [0.15, 0.2) is 0 Å². The lowest BCUT2D eigenvalue weighted by molar-refractivity contribution is 0.148. The van der Waals surface area contributed by atoms with Crippen molar-refractivity contribution in [2.45, 2.75) is 58.0 Å². The van der Waals surface area contributed by atoms with Crippen molar-refractivity contribution in [2.75, 3.05) is 26.2 Å². The maximum atomic E-state index is 12.1. The second kappa shape index (κ2) is 6.97. The SMILES string of the molecule is CC(C)CN1CCC(NC(=O)NC(C)(CO)C2CC2)CC1. The van der Waals surface area contributed by atoms with Gasteiger partial charge in [0.1, 0.15) is 0 Å². The van der Waals surface area contributed by atoms with Crippen molar-refractivity contribution in [3.8, 4) is 0 Å². The van der Waals surface area contributed by atoms with Crippen molar-refractivity contribution in [1.82, 2.24) is 15.5 Å². The predicted molar refractivity (Wildman–Crippen MR) is 84.2 cm³/mol. The first-order valence-electron chi connectivity index (χ1n) is 8.35. The fourth-order valence-electron chi connectivity index (χ4n) is 3.25. The first-order chi connectivity index (χ1) is 9.93. The predicted octanol–water partition coefficient (Wildman–Crippen LogP) is 1.57. The minimum Gasteiger partial charge on any atom is -0.394 e. The molecule has 2 fully saturated rings. The van der Waals surface area contributed by atoms with Gasteiger partial charge in [-0.3, -0.25) is 0 Å². The van der Waals surface area contributed by atoms with E-state index < -0.39 is 5.54 Å². The zero-order valence-electron chi connectivity index (χ0n) is 13.7. The molecule has 2 aliphatic rings. The van der Waals surface area contributed by atoms with Crippen molar-refractivity contribution < 1.29 is 9.90 Å². The standard InChI is InChI=1S/C16H31N3O2/c1-12(2)10-19-8-6-14(7-9-19)17-15(21)18-16(3,11-20)13-4-5-13/h12-14,20H,4-11H2,1-3H3,(H2,17,18,21). The summed E-state index contributed by atoms with van der Waals surface area (Å²) < 4.78 is 0. The van der Waals surface area contributed by atoms with Gasteiger partial charge in [0.25, 0.3) is 0 Å². The Labute approximate surface area is 128 Å². The zero-order chi connectivity index (χ0) is 15.5. The van der Waals surface area contributed by atoms with Crippen LogP contribution in [0.5, 0.6) is 0 Å². The Balaban J connectivity index is 1.71. The molecule has 2 amide bonds. The van der Waals surface area contributed by atoms with E-state index in [1.165, 1.54) is 0 Å². The minimum absolute atomic E-state index is 0.0118. The largest absolute Gasteiger partial charge is 0.394 e. The van der Waals surface area contributed by atoms with Crippen LogP contribution in [0.1, 0.15) is 46.5 Å². The summed E-state index contributed by atoms with van der Waals surface area (Å²) in [6.45, 7) is 9.69. The third kappa shape index (κ3) is 4.85. The number of carbonyl (C=O) groups excluding carboxylic acids is 1. The van der Waals surface area contributed by atoms with Crippen LogP contribution in [0.4, 0.5) is 4.79 Å². The molecule has 1 aliphatic heterocycles. The van der Waals surface area contributed by atoms with Crippen LogP contribution in [0.25, 0.3) is 0 Å². The molecule has 0 aromatic rings. The average molecular weight is 297 g/mol. The third-order valence-corrected chi connectivity index (χ3v) is 4.75. The van der Waals surface area contributed by atoms with Crippen LogP contribution >= 0.6 is 0 Å². The van der Waals surface area contributed by atoms with Crippen LogP contribution < -0.4 is 10.6 Å². The number of rotatable bonds is 6. The number of piperidine rings is 1. The maximum absolute atomic E-state index is 12.1. The van der Waals surface area contributed by atoms with E-state index in [2.05, 4.69) is 29.4 Å². The van der Waals surface area contributed by atoms with Gasteiger partial charge in [-0.2, -0.15) is 0 Å². The molecule has 0 aromatic carbocycles. The fraction of sp³-hybridized carbons (Fsp3) is 0.938. The van der Waals surface area contributed by atoms with Crippen LogP contribution in [0.2, 0.25) is 0 Å². The van der Waals surface area contributed by atoms with E-state index in [9.17, 15) is 9.90 Å². The summed E-state index contributed by atoms with van der Waals surface area (Å²) in [4.78, 5) is 14.6. The van der Waals surface area contributed by atoms with Crippen LogP contribution in [0, 0.1) is 11.8 Å².